The van der Waals surface area contributed by atoms with Crippen molar-refractivity contribution in [2.24, 2.45) is 5.84 Å². The van der Waals surface area contributed by atoms with Gasteiger partial charge in [-0.2, -0.15) is 0 Å². The lowest BCUT2D eigenvalue weighted by Crippen LogP contribution is -2.29. The van der Waals surface area contributed by atoms with Crippen molar-refractivity contribution in [1.82, 2.24) is 5.43 Å². The number of nitrogens with two attached hydrogens (primary N) is 1. The SMILES string of the molecule is Cc1cc(C)c(CC(NN)c2ccoc2)c(C)c1. The van der Waals surface area contributed by atoms with Gasteiger partial charge in [0.1, 0.15) is 0 Å². The molecule has 1 aromatic heterocycles. The molecule has 0 saturated heterocycles. The molecule has 1 heterocycles. The lowest BCUT2D eigenvalue weighted by molar-refractivity contribution is 0.524. The number of benzene rings is 1. The molecule has 2 aromatic rings. The van der Waals surface area contributed by atoms with Crippen molar-refractivity contribution in [3.05, 3.63) is 58.5 Å². The van der Waals surface area contributed by atoms with Crippen LogP contribution in [0.2, 0.25) is 0 Å². The zero-order valence-electron chi connectivity index (χ0n) is 11.2. The van der Waals surface area contributed by atoms with E-state index in [-0.39, 0.29) is 6.04 Å². The zero-order chi connectivity index (χ0) is 13.1. The van der Waals surface area contributed by atoms with E-state index in [1.54, 1.807) is 12.5 Å². The molecule has 18 heavy (non-hydrogen) atoms. The van der Waals surface area contributed by atoms with Crippen molar-refractivity contribution in [2.75, 3.05) is 0 Å². The van der Waals surface area contributed by atoms with Crippen LogP contribution >= 0.6 is 0 Å². The normalized spacial score (nSPS) is 12.7. The molecule has 3 heteroatoms. The van der Waals surface area contributed by atoms with E-state index in [4.69, 9.17) is 10.3 Å². The van der Waals surface area contributed by atoms with Crippen molar-refractivity contribution in [2.45, 2.75) is 33.2 Å². The van der Waals surface area contributed by atoms with E-state index >= 15 is 0 Å². The van der Waals surface area contributed by atoms with Crippen molar-refractivity contribution >= 4 is 0 Å². The highest BCUT2D eigenvalue weighted by Gasteiger charge is 2.14. The van der Waals surface area contributed by atoms with Crippen LogP contribution in [0.5, 0.6) is 0 Å². The molecule has 96 valence electrons. The first-order valence-electron chi connectivity index (χ1n) is 6.16. The molecule has 0 bridgehead atoms. The molecule has 0 fully saturated rings. The quantitative estimate of drug-likeness (QED) is 0.642. The minimum absolute atomic E-state index is 0.0869. The molecule has 1 atom stereocenters. The van der Waals surface area contributed by atoms with E-state index in [1.807, 2.05) is 6.07 Å². The highest BCUT2D eigenvalue weighted by molar-refractivity contribution is 5.38. The molecule has 0 aliphatic rings. The standard InChI is InChI=1S/C15H20N2O/c1-10-6-11(2)14(12(3)7-10)8-15(17-16)13-4-5-18-9-13/h4-7,9,15,17H,8,16H2,1-3H3. The fourth-order valence-electron chi connectivity index (χ4n) is 2.48. The van der Waals surface area contributed by atoms with Crippen LogP contribution < -0.4 is 11.3 Å². The number of rotatable bonds is 4. The summed E-state index contributed by atoms with van der Waals surface area (Å²) in [6.45, 7) is 6.43. The summed E-state index contributed by atoms with van der Waals surface area (Å²) < 4.78 is 5.12. The topological polar surface area (TPSA) is 51.2 Å². The van der Waals surface area contributed by atoms with E-state index in [1.165, 1.54) is 22.3 Å². The number of furan rings is 1. The van der Waals surface area contributed by atoms with Crippen molar-refractivity contribution in [3.63, 3.8) is 0 Å². The van der Waals surface area contributed by atoms with Gasteiger partial charge in [0.25, 0.3) is 0 Å². The summed E-state index contributed by atoms with van der Waals surface area (Å²) in [4.78, 5) is 0. The highest BCUT2D eigenvalue weighted by atomic mass is 16.3. The summed E-state index contributed by atoms with van der Waals surface area (Å²) in [7, 11) is 0. The third kappa shape index (κ3) is 2.63. The van der Waals surface area contributed by atoms with Gasteiger partial charge >= 0.3 is 0 Å². The summed E-state index contributed by atoms with van der Waals surface area (Å²) in [6.07, 6.45) is 4.28. The molecular formula is C15H20N2O. The van der Waals surface area contributed by atoms with Crippen molar-refractivity contribution in [3.8, 4) is 0 Å². The maximum atomic E-state index is 5.65. The fraction of sp³-hybridized carbons (Fsp3) is 0.333. The number of hydrazine groups is 1. The number of nitrogens with one attached hydrogen (secondary N) is 1. The lowest BCUT2D eigenvalue weighted by Gasteiger charge is -2.18. The van der Waals surface area contributed by atoms with Gasteiger partial charge < -0.3 is 4.42 Å². The van der Waals surface area contributed by atoms with Crippen LogP contribution in [0.4, 0.5) is 0 Å². The second-order valence-corrected chi connectivity index (χ2v) is 4.86. The van der Waals surface area contributed by atoms with Gasteiger partial charge in [-0.15, -0.1) is 0 Å². The maximum absolute atomic E-state index is 5.65. The lowest BCUT2D eigenvalue weighted by atomic mass is 9.93. The summed E-state index contributed by atoms with van der Waals surface area (Å²) in [6, 6.07) is 6.46. The molecule has 0 aliphatic heterocycles. The van der Waals surface area contributed by atoms with E-state index < -0.39 is 0 Å². The fourth-order valence-corrected chi connectivity index (χ4v) is 2.48. The van der Waals surface area contributed by atoms with Gasteiger partial charge in [0, 0.05) is 5.56 Å². The second-order valence-electron chi connectivity index (χ2n) is 4.86. The van der Waals surface area contributed by atoms with Gasteiger partial charge in [-0.3, -0.25) is 11.3 Å². The van der Waals surface area contributed by atoms with Gasteiger partial charge in [-0.1, -0.05) is 17.7 Å². The smallest absolute Gasteiger partial charge is 0.0950 e. The van der Waals surface area contributed by atoms with Gasteiger partial charge in [-0.05, 0) is 49.9 Å². The Labute approximate surface area is 108 Å². The third-order valence-corrected chi connectivity index (χ3v) is 3.40. The molecule has 0 amide bonds. The Morgan fingerprint density at radius 3 is 2.39 bits per heavy atom. The monoisotopic (exact) mass is 244 g/mol. The molecule has 1 aromatic carbocycles. The van der Waals surface area contributed by atoms with E-state index in [0.717, 1.165) is 12.0 Å². The Bertz CT molecular complexity index is 494. The summed E-state index contributed by atoms with van der Waals surface area (Å²) in [5.74, 6) is 5.65. The van der Waals surface area contributed by atoms with E-state index in [0.29, 0.717) is 0 Å². The molecule has 0 saturated carbocycles. The minimum Gasteiger partial charge on any atom is -0.472 e. The molecule has 2 rings (SSSR count). The average Bonchev–Trinajstić information content (AvgIpc) is 2.81. The first-order valence-corrected chi connectivity index (χ1v) is 6.16. The molecule has 3 nitrogen and oxygen atoms in total. The molecular weight excluding hydrogens is 224 g/mol. The summed E-state index contributed by atoms with van der Waals surface area (Å²) in [5, 5.41) is 0. The Hall–Kier alpha value is -1.58. The van der Waals surface area contributed by atoms with Crippen LogP contribution in [-0.2, 0) is 6.42 Å². The Kier molecular flexibility index (Phi) is 3.84. The largest absolute Gasteiger partial charge is 0.472 e. The average molecular weight is 244 g/mol. The minimum atomic E-state index is 0.0869. The van der Waals surface area contributed by atoms with Gasteiger partial charge in [0.2, 0.25) is 0 Å². The summed E-state index contributed by atoms with van der Waals surface area (Å²) >= 11 is 0. The van der Waals surface area contributed by atoms with Crippen LogP contribution in [0.1, 0.15) is 33.9 Å². The van der Waals surface area contributed by atoms with E-state index in [2.05, 4.69) is 38.3 Å². The Morgan fingerprint density at radius 1 is 1.22 bits per heavy atom. The van der Waals surface area contributed by atoms with Gasteiger partial charge in [-0.25, -0.2) is 0 Å². The first-order chi connectivity index (χ1) is 8.61. The third-order valence-electron chi connectivity index (χ3n) is 3.40. The van der Waals surface area contributed by atoms with E-state index in [9.17, 15) is 0 Å². The summed E-state index contributed by atoms with van der Waals surface area (Å²) in [5.41, 5.74) is 9.23. The van der Waals surface area contributed by atoms with Gasteiger partial charge in [0.05, 0.1) is 18.6 Å². The predicted octanol–water partition coefficient (Wildman–Crippen LogP) is 2.95. The molecule has 1 unspecified atom stereocenters. The second kappa shape index (κ2) is 5.38. The van der Waals surface area contributed by atoms with Crippen LogP contribution in [0, 0.1) is 20.8 Å². The number of hydrogen-bond donors (Lipinski definition) is 2. The number of aryl methyl sites for hydroxylation is 3. The highest BCUT2D eigenvalue weighted by Crippen LogP contribution is 2.23. The van der Waals surface area contributed by atoms with Crippen LogP contribution in [0.15, 0.2) is 35.1 Å². The van der Waals surface area contributed by atoms with Crippen LogP contribution in [0.25, 0.3) is 0 Å². The zero-order valence-corrected chi connectivity index (χ0v) is 11.2. The van der Waals surface area contributed by atoms with Crippen molar-refractivity contribution < 1.29 is 4.42 Å². The molecule has 3 N–H and O–H groups in total. The molecule has 0 aliphatic carbocycles. The molecule has 0 spiro atoms. The van der Waals surface area contributed by atoms with Crippen LogP contribution in [0.3, 0.4) is 0 Å². The Morgan fingerprint density at radius 2 is 1.89 bits per heavy atom. The maximum Gasteiger partial charge on any atom is 0.0950 e. The molecule has 0 radical (unpaired) electrons. The van der Waals surface area contributed by atoms with Gasteiger partial charge in [0.15, 0.2) is 0 Å². The van der Waals surface area contributed by atoms with Crippen molar-refractivity contribution in [1.29, 1.82) is 0 Å². The predicted molar refractivity (Wildman–Crippen MR) is 73.1 cm³/mol. The Balaban J connectivity index is 2.28. The number of hydrogen-bond acceptors (Lipinski definition) is 3. The first kappa shape index (κ1) is 12.9. The van der Waals surface area contributed by atoms with Crippen LogP contribution in [-0.4, -0.2) is 0 Å².